The molecule has 0 radical (unpaired) electrons. The molecule has 0 amide bonds. The Morgan fingerprint density at radius 2 is 2.33 bits per heavy atom. The maximum atomic E-state index is 7.35. The number of nitrogens with two attached hydrogens (primary N) is 1. The third-order valence-corrected chi connectivity index (χ3v) is 2.81. The summed E-state index contributed by atoms with van der Waals surface area (Å²) >= 11 is 0. The van der Waals surface area contributed by atoms with Gasteiger partial charge in [0.2, 0.25) is 0 Å². The normalized spacial score (nSPS) is 14.9. The lowest BCUT2D eigenvalue weighted by molar-refractivity contribution is 0.726. The summed E-state index contributed by atoms with van der Waals surface area (Å²) in [6.07, 6.45) is 2.30. The summed E-state index contributed by atoms with van der Waals surface area (Å²) in [6.45, 7) is 3.68. The molecule has 0 fully saturated rings. The van der Waals surface area contributed by atoms with Crippen LogP contribution >= 0.6 is 0 Å². The van der Waals surface area contributed by atoms with Crippen molar-refractivity contribution >= 4 is 11.5 Å². The lowest BCUT2D eigenvalue weighted by Gasteiger charge is -2.31. The van der Waals surface area contributed by atoms with E-state index >= 15 is 0 Å². The van der Waals surface area contributed by atoms with Crippen LogP contribution in [0.5, 0.6) is 0 Å². The number of hydrogen-bond donors (Lipinski definition) is 2. The molecule has 80 valence electrons. The van der Waals surface area contributed by atoms with Crippen LogP contribution in [-0.2, 0) is 6.42 Å². The SMILES string of the molecule is Cc1ccc2c(c1)CCCN2CC(=N)N. The molecule has 1 aromatic rings. The number of nitrogens with one attached hydrogen (secondary N) is 1. The Labute approximate surface area is 90.4 Å². The van der Waals surface area contributed by atoms with Crippen molar-refractivity contribution in [2.45, 2.75) is 19.8 Å². The van der Waals surface area contributed by atoms with Crippen molar-refractivity contribution in [2.75, 3.05) is 18.0 Å². The number of hydrogen-bond acceptors (Lipinski definition) is 2. The summed E-state index contributed by atoms with van der Waals surface area (Å²) in [5, 5.41) is 7.35. The number of nitrogens with zero attached hydrogens (tertiary/aromatic N) is 1. The fraction of sp³-hybridized carbons (Fsp3) is 0.417. The van der Waals surface area contributed by atoms with E-state index < -0.39 is 0 Å². The van der Waals surface area contributed by atoms with E-state index in [2.05, 4.69) is 30.0 Å². The molecule has 3 nitrogen and oxygen atoms in total. The number of amidine groups is 1. The van der Waals surface area contributed by atoms with Crippen LogP contribution in [-0.4, -0.2) is 18.9 Å². The highest BCUT2D eigenvalue weighted by Gasteiger charge is 2.16. The molecule has 0 unspecified atom stereocenters. The maximum Gasteiger partial charge on any atom is 0.110 e. The van der Waals surface area contributed by atoms with Crippen LogP contribution in [0.4, 0.5) is 5.69 Å². The number of benzene rings is 1. The number of aryl methyl sites for hydroxylation is 2. The van der Waals surface area contributed by atoms with Crippen molar-refractivity contribution in [1.29, 1.82) is 5.41 Å². The van der Waals surface area contributed by atoms with Gasteiger partial charge in [-0.25, -0.2) is 0 Å². The Morgan fingerprint density at radius 1 is 1.53 bits per heavy atom. The largest absolute Gasteiger partial charge is 0.386 e. The van der Waals surface area contributed by atoms with Gasteiger partial charge in [0.25, 0.3) is 0 Å². The predicted octanol–water partition coefficient (Wildman–Crippen LogP) is 1.68. The van der Waals surface area contributed by atoms with Gasteiger partial charge in [0.15, 0.2) is 0 Å². The topological polar surface area (TPSA) is 53.1 Å². The average Bonchev–Trinajstić information content (AvgIpc) is 2.16. The molecule has 15 heavy (non-hydrogen) atoms. The van der Waals surface area contributed by atoms with Gasteiger partial charge in [-0.3, -0.25) is 5.41 Å². The van der Waals surface area contributed by atoms with E-state index in [9.17, 15) is 0 Å². The smallest absolute Gasteiger partial charge is 0.110 e. The Hall–Kier alpha value is -1.51. The lowest BCUT2D eigenvalue weighted by Crippen LogP contribution is -2.36. The third kappa shape index (κ3) is 2.12. The zero-order valence-corrected chi connectivity index (χ0v) is 9.09. The first-order valence-corrected chi connectivity index (χ1v) is 5.34. The predicted molar refractivity (Wildman–Crippen MR) is 63.6 cm³/mol. The molecule has 0 spiro atoms. The van der Waals surface area contributed by atoms with E-state index in [4.69, 9.17) is 11.1 Å². The van der Waals surface area contributed by atoms with Crippen LogP contribution in [0.1, 0.15) is 17.5 Å². The molecule has 0 aliphatic carbocycles. The number of fused-ring (bicyclic) bond motifs is 1. The van der Waals surface area contributed by atoms with Crippen molar-refractivity contribution in [3.63, 3.8) is 0 Å². The van der Waals surface area contributed by atoms with Gasteiger partial charge < -0.3 is 10.6 Å². The molecular formula is C12H17N3. The third-order valence-electron chi connectivity index (χ3n) is 2.81. The van der Waals surface area contributed by atoms with Crippen molar-refractivity contribution in [2.24, 2.45) is 5.73 Å². The molecule has 1 aromatic carbocycles. The van der Waals surface area contributed by atoms with Gasteiger partial charge in [0.1, 0.15) is 5.84 Å². The number of rotatable bonds is 2. The molecule has 3 heteroatoms. The average molecular weight is 203 g/mol. The zero-order valence-electron chi connectivity index (χ0n) is 9.09. The Kier molecular flexibility index (Phi) is 2.62. The summed E-state index contributed by atoms with van der Waals surface area (Å²) < 4.78 is 0. The minimum Gasteiger partial charge on any atom is -0.386 e. The summed E-state index contributed by atoms with van der Waals surface area (Å²) in [4.78, 5) is 2.20. The fourth-order valence-corrected chi connectivity index (χ4v) is 2.17. The lowest BCUT2D eigenvalue weighted by atomic mass is 9.99. The zero-order chi connectivity index (χ0) is 10.8. The van der Waals surface area contributed by atoms with Gasteiger partial charge in [0, 0.05) is 12.2 Å². The van der Waals surface area contributed by atoms with Crippen molar-refractivity contribution in [1.82, 2.24) is 0 Å². The second kappa shape index (κ2) is 3.93. The van der Waals surface area contributed by atoms with Crippen LogP contribution in [0.3, 0.4) is 0 Å². The first-order valence-electron chi connectivity index (χ1n) is 5.34. The quantitative estimate of drug-likeness (QED) is 0.567. The van der Waals surface area contributed by atoms with Crippen LogP contribution < -0.4 is 10.6 Å². The fourth-order valence-electron chi connectivity index (χ4n) is 2.17. The van der Waals surface area contributed by atoms with Crippen LogP contribution in [0, 0.1) is 12.3 Å². The van der Waals surface area contributed by atoms with Gasteiger partial charge in [-0.2, -0.15) is 0 Å². The molecule has 2 rings (SSSR count). The highest BCUT2D eigenvalue weighted by atomic mass is 15.1. The molecular weight excluding hydrogens is 186 g/mol. The minimum absolute atomic E-state index is 0.239. The molecule has 0 atom stereocenters. The van der Waals surface area contributed by atoms with Gasteiger partial charge >= 0.3 is 0 Å². The highest BCUT2D eigenvalue weighted by Crippen LogP contribution is 2.27. The molecule has 1 aliphatic rings. The standard InChI is InChI=1S/C12H17N3/c1-9-4-5-11-10(7-9)3-2-6-15(11)8-12(13)14/h4-5,7H,2-3,6,8H2,1H3,(H3,13,14). The monoisotopic (exact) mass is 203 g/mol. The Bertz CT molecular complexity index is 384. The van der Waals surface area contributed by atoms with Gasteiger partial charge in [-0.15, -0.1) is 0 Å². The number of anilines is 1. The van der Waals surface area contributed by atoms with Crippen LogP contribution in [0.2, 0.25) is 0 Å². The molecule has 1 aliphatic heterocycles. The summed E-state index contributed by atoms with van der Waals surface area (Å²) in [5.74, 6) is 0.239. The molecule has 0 aromatic heterocycles. The van der Waals surface area contributed by atoms with Crippen LogP contribution in [0.15, 0.2) is 18.2 Å². The minimum atomic E-state index is 0.239. The highest BCUT2D eigenvalue weighted by molar-refractivity contribution is 5.82. The Morgan fingerprint density at radius 3 is 3.07 bits per heavy atom. The Balaban J connectivity index is 2.30. The second-order valence-corrected chi connectivity index (χ2v) is 4.18. The molecule has 0 saturated carbocycles. The van der Waals surface area contributed by atoms with E-state index in [0.717, 1.165) is 19.4 Å². The van der Waals surface area contributed by atoms with Crippen molar-refractivity contribution < 1.29 is 0 Å². The van der Waals surface area contributed by atoms with E-state index in [1.54, 1.807) is 0 Å². The van der Waals surface area contributed by atoms with Crippen molar-refractivity contribution in [3.05, 3.63) is 29.3 Å². The van der Waals surface area contributed by atoms with E-state index in [1.807, 2.05) is 0 Å². The van der Waals surface area contributed by atoms with Gasteiger partial charge in [0.05, 0.1) is 6.54 Å². The molecule has 0 saturated heterocycles. The van der Waals surface area contributed by atoms with E-state index in [0.29, 0.717) is 6.54 Å². The first kappa shape index (κ1) is 10.0. The maximum absolute atomic E-state index is 7.35. The van der Waals surface area contributed by atoms with Crippen molar-refractivity contribution in [3.8, 4) is 0 Å². The summed E-state index contributed by atoms with van der Waals surface area (Å²) in [6, 6.07) is 6.51. The van der Waals surface area contributed by atoms with Gasteiger partial charge in [-0.05, 0) is 31.4 Å². The molecule has 3 N–H and O–H groups in total. The van der Waals surface area contributed by atoms with Crippen LogP contribution in [0.25, 0.3) is 0 Å². The van der Waals surface area contributed by atoms with E-state index in [1.165, 1.54) is 16.8 Å². The van der Waals surface area contributed by atoms with Gasteiger partial charge in [-0.1, -0.05) is 17.7 Å². The summed E-state index contributed by atoms with van der Waals surface area (Å²) in [7, 11) is 0. The molecule has 0 bridgehead atoms. The summed E-state index contributed by atoms with van der Waals surface area (Å²) in [5.41, 5.74) is 9.40. The second-order valence-electron chi connectivity index (χ2n) is 4.18. The van der Waals surface area contributed by atoms with E-state index in [-0.39, 0.29) is 5.84 Å². The molecule has 1 heterocycles. The first-order chi connectivity index (χ1) is 7.16.